The van der Waals surface area contributed by atoms with Gasteiger partial charge in [0.1, 0.15) is 5.75 Å². The van der Waals surface area contributed by atoms with Gasteiger partial charge in [-0.25, -0.2) is 0 Å². The number of carbonyl (C=O) groups is 1. The van der Waals surface area contributed by atoms with E-state index in [1.54, 1.807) is 63.8 Å². The Hall–Kier alpha value is -3.94. The van der Waals surface area contributed by atoms with Crippen LogP contribution in [0.4, 0.5) is 11.4 Å². The third-order valence-corrected chi connectivity index (χ3v) is 5.12. The fourth-order valence-electron chi connectivity index (χ4n) is 3.65. The maximum atomic E-state index is 13.2. The zero-order chi connectivity index (χ0) is 22.0. The fourth-order valence-corrected chi connectivity index (χ4v) is 3.65. The molecule has 0 fully saturated rings. The summed E-state index contributed by atoms with van der Waals surface area (Å²) >= 11 is 0. The van der Waals surface area contributed by atoms with E-state index in [0.717, 1.165) is 0 Å². The minimum Gasteiger partial charge on any atom is -0.497 e. The molecule has 1 aliphatic heterocycles. The van der Waals surface area contributed by atoms with Gasteiger partial charge in [0.2, 0.25) is 5.75 Å². The summed E-state index contributed by atoms with van der Waals surface area (Å²) in [5, 5.41) is 3.40. The van der Waals surface area contributed by atoms with Gasteiger partial charge < -0.3 is 24.3 Å². The molecule has 1 aliphatic rings. The van der Waals surface area contributed by atoms with Gasteiger partial charge in [-0.2, -0.15) is 0 Å². The van der Waals surface area contributed by atoms with Crippen LogP contribution in [-0.4, -0.2) is 39.3 Å². The van der Waals surface area contributed by atoms with E-state index in [0.29, 0.717) is 45.6 Å². The number of aromatic nitrogens is 1. The predicted octanol–water partition coefficient (Wildman–Crippen LogP) is 3.89. The first-order valence-corrected chi connectivity index (χ1v) is 9.60. The van der Waals surface area contributed by atoms with Crippen LogP contribution in [0.15, 0.2) is 54.7 Å². The van der Waals surface area contributed by atoms with Crippen LogP contribution in [0.5, 0.6) is 23.0 Å². The van der Waals surface area contributed by atoms with E-state index in [2.05, 4.69) is 10.3 Å². The molecular formula is C23H23N3O5. The SMILES string of the molecule is COc1ccc(N2C(=O)c3cccnc3[C@@H]2Nc2cc(OC)c(OC)c(OC)c2)cc1. The molecule has 8 nitrogen and oxygen atoms in total. The maximum Gasteiger partial charge on any atom is 0.262 e. The second-order valence-corrected chi connectivity index (χ2v) is 6.77. The molecule has 0 saturated heterocycles. The Balaban J connectivity index is 1.77. The molecular weight excluding hydrogens is 398 g/mol. The standard InChI is InChI=1S/C23H23N3O5/c1-28-16-9-7-15(8-10-16)26-22(20-17(23(26)27)6-5-11-24-20)25-14-12-18(29-2)21(31-4)19(13-14)30-3/h5-13,22,25H,1-4H3/t22-/m1/s1. The van der Waals surface area contributed by atoms with Crippen LogP contribution >= 0.6 is 0 Å². The number of carbonyl (C=O) groups excluding carboxylic acids is 1. The Morgan fingerprint density at radius 2 is 1.58 bits per heavy atom. The molecule has 1 amide bonds. The first kappa shape index (κ1) is 20.3. The van der Waals surface area contributed by atoms with Crippen LogP contribution in [0.1, 0.15) is 22.2 Å². The summed E-state index contributed by atoms with van der Waals surface area (Å²) in [4.78, 5) is 19.4. The molecule has 0 unspecified atom stereocenters. The number of nitrogens with zero attached hydrogens (tertiary/aromatic N) is 2. The average molecular weight is 421 g/mol. The summed E-state index contributed by atoms with van der Waals surface area (Å²) in [5.74, 6) is 2.07. The molecule has 0 bridgehead atoms. The van der Waals surface area contributed by atoms with Crippen molar-refractivity contribution in [1.82, 2.24) is 4.98 Å². The summed E-state index contributed by atoms with van der Waals surface area (Å²) in [6.45, 7) is 0. The van der Waals surface area contributed by atoms with Gasteiger partial charge in [-0.15, -0.1) is 0 Å². The second kappa shape index (κ2) is 8.43. The molecule has 160 valence electrons. The lowest BCUT2D eigenvalue weighted by molar-refractivity contribution is 0.0993. The van der Waals surface area contributed by atoms with Gasteiger partial charge in [0.05, 0.1) is 39.7 Å². The van der Waals surface area contributed by atoms with Gasteiger partial charge in [-0.3, -0.25) is 14.7 Å². The highest BCUT2D eigenvalue weighted by Crippen LogP contribution is 2.43. The minimum atomic E-state index is -0.528. The topological polar surface area (TPSA) is 82.2 Å². The number of hydrogen-bond acceptors (Lipinski definition) is 7. The lowest BCUT2D eigenvalue weighted by Gasteiger charge is -2.27. The highest BCUT2D eigenvalue weighted by atomic mass is 16.5. The largest absolute Gasteiger partial charge is 0.497 e. The maximum absolute atomic E-state index is 13.2. The van der Waals surface area contributed by atoms with Crippen molar-refractivity contribution in [1.29, 1.82) is 0 Å². The second-order valence-electron chi connectivity index (χ2n) is 6.77. The number of benzene rings is 2. The van der Waals surface area contributed by atoms with Crippen molar-refractivity contribution in [2.24, 2.45) is 0 Å². The third-order valence-electron chi connectivity index (χ3n) is 5.12. The molecule has 4 rings (SSSR count). The smallest absolute Gasteiger partial charge is 0.262 e. The molecule has 31 heavy (non-hydrogen) atoms. The van der Waals surface area contributed by atoms with Gasteiger partial charge >= 0.3 is 0 Å². The molecule has 0 spiro atoms. The zero-order valence-electron chi connectivity index (χ0n) is 17.7. The predicted molar refractivity (Wildman–Crippen MR) is 117 cm³/mol. The summed E-state index contributed by atoms with van der Waals surface area (Å²) in [6.07, 6.45) is 1.15. The molecule has 3 aromatic rings. The van der Waals surface area contributed by atoms with E-state index in [4.69, 9.17) is 18.9 Å². The van der Waals surface area contributed by atoms with Crippen LogP contribution < -0.4 is 29.2 Å². The molecule has 1 N–H and O–H groups in total. The summed E-state index contributed by atoms with van der Waals surface area (Å²) in [7, 11) is 6.26. The Bertz CT molecular complexity index is 1080. The summed E-state index contributed by atoms with van der Waals surface area (Å²) in [6, 6.07) is 14.4. The molecule has 2 aromatic carbocycles. The summed E-state index contributed by atoms with van der Waals surface area (Å²) < 4.78 is 21.6. The molecule has 8 heteroatoms. The molecule has 2 heterocycles. The Morgan fingerprint density at radius 1 is 0.903 bits per heavy atom. The van der Waals surface area contributed by atoms with Crippen LogP contribution in [-0.2, 0) is 0 Å². The van der Waals surface area contributed by atoms with E-state index in [-0.39, 0.29) is 5.91 Å². The number of amides is 1. The first-order valence-electron chi connectivity index (χ1n) is 9.60. The average Bonchev–Trinajstić information content (AvgIpc) is 3.09. The van der Waals surface area contributed by atoms with Crippen LogP contribution in [0.3, 0.4) is 0 Å². The Morgan fingerprint density at radius 3 is 2.16 bits per heavy atom. The number of pyridine rings is 1. The van der Waals surface area contributed by atoms with E-state index in [9.17, 15) is 4.79 Å². The van der Waals surface area contributed by atoms with Gasteiger partial charge in [-0.1, -0.05) is 0 Å². The first-order chi connectivity index (χ1) is 15.1. The van der Waals surface area contributed by atoms with Crippen molar-refractivity contribution < 1.29 is 23.7 Å². The number of rotatable bonds is 7. The lowest BCUT2D eigenvalue weighted by atomic mass is 10.2. The zero-order valence-corrected chi connectivity index (χ0v) is 17.7. The fraction of sp³-hybridized carbons (Fsp3) is 0.217. The molecule has 0 saturated carbocycles. The van der Waals surface area contributed by atoms with Gasteiger partial charge in [-0.05, 0) is 36.4 Å². The molecule has 1 aromatic heterocycles. The van der Waals surface area contributed by atoms with Crippen LogP contribution in [0, 0.1) is 0 Å². The highest BCUT2D eigenvalue weighted by molar-refractivity contribution is 6.11. The van der Waals surface area contributed by atoms with E-state index in [1.807, 2.05) is 24.3 Å². The lowest BCUT2D eigenvalue weighted by Crippen LogP contribution is -2.32. The normalized spacial score (nSPS) is 14.8. The van der Waals surface area contributed by atoms with Crippen molar-refractivity contribution >= 4 is 17.3 Å². The highest BCUT2D eigenvalue weighted by Gasteiger charge is 2.39. The van der Waals surface area contributed by atoms with E-state index in [1.165, 1.54) is 0 Å². The van der Waals surface area contributed by atoms with Crippen molar-refractivity contribution in [2.45, 2.75) is 6.17 Å². The Kier molecular flexibility index (Phi) is 5.53. The number of anilines is 2. The monoisotopic (exact) mass is 421 g/mol. The number of methoxy groups -OCH3 is 4. The van der Waals surface area contributed by atoms with Gasteiger partial charge in [0.25, 0.3) is 5.91 Å². The van der Waals surface area contributed by atoms with Crippen LogP contribution in [0.25, 0.3) is 0 Å². The quantitative estimate of drug-likeness (QED) is 0.620. The number of nitrogens with one attached hydrogen (secondary N) is 1. The van der Waals surface area contributed by atoms with Gasteiger partial charge in [0, 0.05) is 29.7 Å². The van der Waals surface area contributed by atoms with E-state index < -0.39 is 6.17 Å². The van der Waals surface area contributed by atoms with Crippen molar-refractivity contribution in [3.8, 4) is 23.0 Å². The van der Waals surface area contributed by atoms with Crippen LogP contribution in [0.2, 0.25) is 0 Å². The molecule has 0 radical (unpaired) electrons. The van der Waals surface area contributed by atoms with Crippen molar-refractivity contribution in [3.05, 3.63) is 66.0 Å². The van der Waals surface area contributed by atoms with Crippen molar-refractivity contribution in [2.75, 3.05) is 38.7 Å². The van der Waals surface area contributed by atoms with Gasteiger partial charge in [0.15, 0.2) is 17.7 Å². The third kappa shape index (κ3) is 3.56. The number of hydrogen-bond donors (Lipinski definition) is 1. The number of ether oxygens (including phenoxy) is 4. The molecule has 1 atom stereocenters. The summed E-state index contributed by atoms with van der Waals surface area (Å²) in [5.41, 5.74) is 2.58. The molecule has 0 aliphatic carbocycles. The van der Waals surface area contributed by atoms with E-state index >= 15 is 0 Å². The minimum absolute atomic E-state index is 0.141. The Labute approximate surface area is 180 Å². The van der Waals surface area contributed by atoms with Crippen molar-refractivity contribution in [3.63, 3.8) is 0 Å². The number of fused-ring (bicyclic) bond motifs is 1.